The van der Waals surface area contributed by atoms with Crippen LogP contribution in [0.4, 0.5) is 5.13 Å². The SMILES string of the molecule is COc1cccc(OC)c1C(=O)Nc1nc(-c2ccc3c(c2)CCCC3)cs1. The second-order valence-electron chi connectivity index (χ2n) is 6.72. The number of rotatable bonds is 5. The lowest BCUT2D eigenvalue weighted by Gasteiger charge is -2.16. The Hall–Kier alpha value is -2.86. The molecule has 2 aromatic carbocycles. The number of nitrogens with zero attached hydrogens (tertiary/aromatic N) is 1. The van der Waals surface area contributed by atoms with Crippen LogP contribution in [0.25, 0.3) is 11.3 Å². The van der Waals surface area contributed by atoms with Crippen LogP contribution < -0.4 is 14.8 Å². The van der Waals surface area contributed by atoms with Crippen molar-refractivity contribution in [3.05, 3.63) is 58.5 Å². The molecule has 4 rings (SSSR count). The fourth-order valence-electron chi connectivity index (χ4n) is 3.59. The van der Waals surface area contributed by atoms with Gasteiger partial charge in [-0.15, -0.1) is 11.3 Å². The van der Waals surface area contributed by atoms with Gasteiger partial charge in [0.15, 0.2) is 5.13 Å². The van der Waals surface area contributed by atoms with E-state index in [9.17, 15) is 4.79 Å². The molecule has 0 unspecified atom stereocenters. The number of carbonyl (C=O) groups is 1. The lowest BCUT2D eigenvalue weighted by Crippen LogP contribution is -2.14. The molecule has 144 valence electrons. The quantitative estimate of drug-likeness (QED) is 0.665. The van der Waals surface area contributed by atoms with Gasteiger partial charge in [0, 0.05) is 10.9 Å². The normalized spacial score (nSPS) is 12.9. The Morgan fingerprint density at radius 1 is 1.04 bits per heavy atom. The molecule has 3 aromatic rings. The Labute approximate surface area is 168 Å². The highest BCUT2D eigenvalue weighted by molar-refractivity contribution is 7.14. The highest BCUT2D eigenvalue weighted by Crippen LogP contribution is 2.32. The van der Waals surface area contributed by atoms with E-state index >= 15 is 0 Å². The lowest BCUT2D eigenvalue weighted by atomic mass is 9.90. The third-order valence-corrected chi connectivity index (χ3v) is 5.78. The van der Waals surface area contributed by atoms with Crippen LogP contribution >= 0.6 is 11.3 Å². The molecule has 1 aliphatic rings. The van der Waals surface area contributed by atoms with Crippen LogP contribution in [0.2, 0.25) is 0 Å². The first-order valence-corrected chi connectivity index (χ1v) is 10.2. The molecule has 5 nitrogen and oxygen atoms in total. The number of nitrogens with one attached hydrogen (secondary N) is 1. The zero-order valence-electron chi connectivity index (χ0n) is 16.0. The second kappa shape index (κ2) is 8.02. The van der Waals surface area contributed by atoms with Crippen LogP contribution in [0.1, 0.15) is 34.3 Å². The van der Waals surface area contributed by atoms with Gasteiger partial charge < -0.3 is 9.47 Å². The standard InChI is InChI=1S/C22H22N2O3S/c1-26-18-8-5-9-19(27-2)20(18)21(25)24-22-23-17(13-28-22)16-11-10-14-6-3-4-7-15(14)12-16/h5,8-13H,3-4,6-7H2,1-2H3,(H,23,24,25). The van der Waals surface area contributed by atoms with E-state index in [-0.39, 0.29) is 5.91 Å². The fourth-order valence-corrected chi connectivity index (χ4v) is 4.31. The molecular formula is C22H22N2O3S. The highest BCUT2D eigenvalue weighted by Gasteiger charge is 2.20. The topological polar surface area (TPSA) is 60.5 Å². The average Bonchev–Trinajstić information content (AvgIpc) is 3.21. The number of aromatic nitrogens is 1. The average molecular weight is 394 g/mol. The number of thiazole rings is 1. The number of amides is 1. The van der Waals surface area contributed by atoms with E-state index in [0.29, 0.717) is 22.2 Å². The molecule has 28 heavy (non-hydrogen) atoms. The second-order valence-corrected chi connectivity index (χ2v) is 7.58. The van der Waals surface area contributed by atoms with E-state index in [0.717, 1.165) is 24.1 Å². The van der Waals surface area contributed by atoms with Gasteiger partial charge in [0.1, 0.15) is 17.1 Å². The number of hydrogen-bond acceptors (Lipinski definition) is 5. The van der Waals surface area contributed by atoms with Crippen molar-refractivity contribution in [2.75, 3.05) is 19.5 Å². The van der Waals surface area contributed by atoms with Crippen LogP contribution in [0.15, 0.2) is 41.8 Å². The van der Waals surface area contributed by atoms with Crippen molar-refractivity contribution >= 4 is 22.4 Å². The Bertz CT molecular complexity index is 991. The number of fused-ring (bicyclic) bond motifs is 1. The molecule has 1 amide bonds. The van der Waals surface area contributed by atoms with Crippen molar-refractivity contribution in [2.45, 2.75) is 25.7 Å². The van der Waals surface area contributed by atoms with Crippen molar-refractivity contribution in [2.24, 2.45) is 0 Å². The minimum atomic E-state index is -0.305. The summed E-state index contributed by atoms with van der Waals surface area (Å²) in [5.74, 6) is 0.618. The minimum absolute atomic E-state index is 0.305. The summed E-state index contributed by atoms with van der Waals surface area (Å²) in [6.45, 7) is 0. The number of carbonyl (C=O) groups excluding carboxylic acids is 1. The lowest BCUT2D eigenvalue weighted by molar-refractivity contribution is 0.102. The van der Waals surface area contributed by atoms with Gasteiger partial charge in [0.05, 0.1) is 19.9 Å². The predicted octanol–water partition coefficient (Wildman–Crippen LogP) is 4.96. The number of ether oxygens (including phenoxy) is 2. The zero-order valence-corrected chi connectivity index (χ0v) is 16.8. The first-order chi connectivity index (χ1) is 13.7. The maximum Gasteiger partial charge on any atom is 0.265 e. The Kier molecular flexibility index (Phi) is 5.30. The van der Waals surface area contributed by atoms with E-state index in [2.05, 4.69) is 28.5 Å². The fraction of sp³-hybridized carbons (Fsp3) is 0.273. The van der Waals surface area contributed by atoms with E-state index < -0.39 is 0 Å². The van der Waals surface area contributed by atoms with E-state index in [4.69, 9.17) is 9.47 Å². The number of methoxy groups -OCH3 is 2. The molecule has 1 N–H and O–H groups in total. The van der Waals surface area contributed by atoms with Gasteiger partial charge in [-0.3, -0.25) is 10.1 Å². The van der Waals surface area contributed by atoms with Crippen molar-refractivity contribution in [3.63, 3.8) is 0 Å². The molecule has 0 fully saturated rings. The molecule has 0 atom stereocenters. The molecular weight excluding hydrogens is 372 g/mol. The predicted molar refractivity (Wildman–Crippen MR) is 112 cm³/mol. The van der Waals surface area contributed by atoms with Gasteiger partial charge in [0.25, 0.3) is 5.91 Å². The van der Waals surface area contributed by atoms with Gasteiger partial charge in [-0.2, -0.15) is 0 Å². The molecule has 1 heterocycles. The van der Waals surface area contributed by atoms with Gasteiger partial charge in [-0.05, 0) is 55.0 Å². The number of benzene rings is 2. The van der Waals surface area contributed by atoms with Crippen LogP contribution in [0.3, 0.4) is 0 Å². The summed E-state index contributed by atoms with van der Waals surface area (Å²) in [6.07, 6.45) is 4.81. The Morgan fingerprint density at radius 2 is 1.75 bits per heavy atom. The summed E-state index contributed by atoms with van der Waals surface area (Å²) in [6, 6.07) is 11.8. The summed E-state index contributed by atoms with van der Waals surface area (Å²) < 4.78 is 10.6. The smallest absolute Gasteiger partial charge is 0.265 e. The minimum Gasteiger partial charge on any atom is -0.496 e. The molecule has 0 saturated carbocycles. The molecule has 1 aliphatic carbocycles. The maximum absolute atomic E-state index is 12.8. The largest absolute Gasteiger partial charge is 0.496 e. The summed E-state index contributed by atoms with van der Waals surface area (Å²) in [4.78, 5) is 17.4. The Balaban J connectivity index is 1.57. The van der Waals surface area contributed by atoms with E-state index in [1.54, 1.807) is 18.2 Å². The molecule has 0 radical (unpaired) electrons. The number of aryl methyl sites for hydroxylation is 2. The summed E-state index contributed by atoms with van der Waals surface area (Å²) in [7, 11) is 3.06. The van der Waals surface area contributed by atoms with E-state index in [1.165, 1.54) is 49.5 Å². The third-order valence-electron chi connectivity index (χ3n) is 5.02. The molecule has 0 aliphatic heterocycles. The Morgan fingerprint density at radius 3 is 2.46 bits per heavy atom. The summed E-state index contributed by atoms with van der Waals surface area (Å²) in [5, 5.41) is 5.39. The summed E-state index contributed by atoms with van der Waals surface area (Å²) >= 11 is 1.41. The number of anilines is 1. The van der Waals surface area contributed by atoms with Crippen LogP contribution in [-0.2, 0) is 12.8 Å². The first kappa shape index (κ1) is 18.5. The monoisotopic (exact) mass is 394 g/mol. The molecule has 0 saturated heterocycles. The van der Waals surface area contributed by atoms with Crippen LogP contribution in [0.5, 0.6) is 11.5 Å². The molecule has 0 spiro atoms. The van der Waals surface area contributed by atoms with Gasteiger partial charge in [-0.1, -0.05) is 18.2 Å². The van der Waals surface area contributed by atoms with Crippen LogP contribution in [-0.4, -0.2) is 25.1 Å². The van der Waals surface area contributed by atoms with Crippen molar-refractivity contribution in [1.29, 1.82) is 0 Å². The van der Waals surface area contributed by atoms with Crippen molar-refractivity contribution in [3.8, 4) is 22.8 Å². The highest BCUT2D eigenvalue weighted by atomic mass is 32.1. The van der Waals surface area contributed by atoms with Gasteiger partial charge in [0.2, 0.25) is 0 Å². The third kappa shape index (κ3) is 3.60. The van der Waals surface area contributed by atoms with Gasteiger partial charge >= 0.3 is 0 Å². The molecule has 6 heteroatoms. The maximum atomic E-state index is 12.8. The van der Waals surface area contributed by atoms with Crippen molar-refractivity contribution < 1.29 is 14.3 Å². The summed E-state index contributed by atoms with van der Waals surface area (Å²) in [5.41, 5.74) is 5.19. The molecule has 0 bridgehead atoms. The van der Waals surface area contributed by atoms with Crippen LogP contribution in [0, 0.1) is 0 Å². The van der Waals surface area contributed by atoms with Crippen molar-refractivity contribution in [1.82, 2.24) is 4.98 Å². The zero-order chi connectivity index (χ0) is 19.5. The number of hydrogen-bond donors (Lipinski definition) is 1. The molecule has 1 aromatic heterocycles. The van der Waals surface area contributed by atoms with E-state index in [1.807, 2.05) is 5.38 Å². The first-order valence-electron chi connectivity index (χ1n) is 9.29. The van der Waals surface area contributed by atoms with Gasteiger partial charge in [-0.25, -0.2) is 4.98 Å².